The van der Waals surface area contributed by atoms with Crippen molar-refractivity contribution in [1.82, 2.24) is 9.29 Å². The van der Waals surface area contributed by atoms with Crippen LogP contribution in [0.25, 0.3) is 11.3 Å². The standard InChI is InChI=1S/C20H20N2O3S/c1-14-7-9-16(10-8-14)26(23,24)22-12-15(11-21-2)18-13-25-19-6-4-3-5-17(19)20(18)22/h3-10,12,21H,11,13H2,1-2H3. The molecule has 2 aromatic carbocycles. The zero-order valence-corrected chi connectivity index (χ0v) is 15.5. The van der Waals surface area contributed by atoms with Crippen LogP contribution in [0.5, 0.6) is 5.75 Å². The zero-order valence-electron chi connectivity index (χ0n) is 14.7. The van der Waals surface area contributed by atoms with Gasteiger partial charge >= 0.3 is 0 Å². The number of rotatable bonds is 4. The predicted molar refractivity (Wildman–Crippen MR) is 101 cm³/mol. The highest BCUT2D eigenvalue weighted by Gasteiger charge is 2.30. The molecule has 134 valence electrons. The van der Waals surface area contributed by atoms with Crippen LogP contribution in [0.4, 0.5) is 0 Å². The van der Waals surface area contributed by atoms with Crippen LogP contribution in [-0.2, 0) is 23.2 Å². The number of para-hydroxylation sites is 1. The van der Waals surface area contributed by atoms with Crippen LogP contribution in [0.2, 0.25) is 0 Å². The third kappa shape index (κ3) is 2.62. The average molecular weight is 368 g/mol. The molecule has 1 aliphatic rings. The maximum Gasteiger partial charge on any atom is 0.268 e. The lowest BCUT2D eigenvalue weighted by Gasteiger charge is -2.21. The molecular formula is C20H20N2O3S. The Morgan fingerprint density at radius 3 is 2.58 bits per heavy atom. The van der Waals surface area contributed by atoms with Crippen LogP contribution in [0.15, 0.2) is 59.6 Å². The van der Waals surface area contributed by atoms with Crippen molar-refractivity contribution in [3.63, 3.8) is 0 Å². The number of nitrogens with one attached hydrogen (secondary N) is 1. The summed E-state index contributed by atoms with van der Waals surface area (Å²) in [5, 5.41) is 3.11. The number of nitrogens with zero attached hydrogens (tertiary/aromatic N) is 1. The third-order valence-corrected chi connectivity index (χ3v) is 6.30. The van der Waals surface area contributed by atoms with Crippen LogP contribution >= 0.6 is 0 Å². The molecule has 5 nitrogen and oxygen atoms in total. The summed E-state index contributed by atoms with van der Waals surface area (Å²) in [5.41, 5.74) is 4.35. The van der Waals surface area contributed by atoms with Gasteiger partial charge < -0.3 is 10.1 Å². The summed E-state index contributed by atoms with van der Waals surface area (Å²) in [6.45, 7) is 2.87. The number of fused-ring (bicyclic) bond motifs is 3. The van der Waals surface area contributed by atoms with E-state index in [0.29, 0.717) is 24.6 Å². The lowest BCUT2D eigenvalue weighted by Crippen LogP contribution is -2.15. The fraction of sp³-hybridized carbons (Fsp3) is 0.200. The van der Waals surface area contributed by atoms with E-state index in [1.165, 1.54) is 3.97 Å². The van der Waals surface area contributed by atoms with Crippen LogP contribution in [0.3, 0.4) is 0 Å². The molecule has 0 saturated heterocycles. The monoisotopic (exact) mass is 368 g/mol. The maximum atomic E-state index is 13.3. The van der Waals surface area contributed by atoms with E-state index in [9.17, 15) is 8.42 Å². The first-order valence-corrected chi connectivity index (χ1v) is 9.88. The molecule has 1 aliphatic heterocycles. The maximum absolute atomic E-state index is 13.3. The molecule has 0 unspecified atom stereocenters. The molecule has 6 heteroatoms. The van der Waals surface area contributed by atoms with Gasteiger partial charge in [0.1, 0.15) is 12.4 Å². The highest BCUT2D eigenvalue weighted by Crippen LogP contribution is 2.41. The second-order valence-corrected chi connectivity index (χ2v) is 8.23. The molecule has 0 amide bonds. The second-order valence-electron chi connectivity index (χ2n) is 6.41. The van der Waals surface area contributed by atoms with Crippen molar-refractivity contribution in [2.45, 2.75) is 25.0 Å². The summed E-state index contributed by atoms with van der Waals surface area (Å²) in [4.78, 5) is 0.279. The fourth-order valence-corrected chi connectivity index (χ4v) is 4.73. The van der Waals surface area contributed by atoms with E-state index in [0.717, 1.165) is 22.3 Å². The molecule has 4 rings (SSSR count). The fourth-order valence-electron chi connectivity index (χ4n) is 3.31. The van der Waals surface area contributed by atoms with Crippen molar-refractivity contribution < 1.29 is 13.2 Å². The molecule has 26 heavy (non-hydrogen) atoms. The first kappa shape index (κ1) is 16.9. The first-order chi connectivity index (χ1) is 12.5. The van der Waals surface area contributed by atoms with Gasteiger partial charge in [-0.15, -0.1) is 0 Å². The van der Waals surface area contributed by atoms with E-state index in [4.69, 9.17) is 4.74 Å². The SMILES string of the molecule is CNCc1cn(S(=O)(=O)c2ccc(C)cc2)c2c1COc1ccccc1-2. The zero-order chi connectivity index (χ0) is 18.3. The van der Waals surface area contributed by atoms with E-state index < -0.39 is 10.0 Å². The number of benzene rings is 2. The number of aryl methyl sites for hydroxylation is 1. The van der Waals surface area contributed by atoms with Crippen LogP contribution in [0, 0.1) is 6.92 Å². The van der Waals surface area contributed by atoms with Crippen molar-refractivity contribution >= 4 is 10.0 Å². The lowest BCUT2D eigenvalue weighted by molar-refractivity contribution is 0.301. The molecule has 0 aliphatic carbocycles. The predicted octanol–water partition coefficient (Wildman–Crippen LogP) is 3.31. The lowest BCUT2D eigenvalue weighted by atomic mass is 10.0. The van der Waals surface area contributed by atoms with E-state index in [-0.39, 0.29) is 4.90 Å². The summed E-state index contributed by atoms with van der Waals surface area (Å²) in [6, 6.07) is 14.5. The molecule has 1 N–H and O–H groups in total. The smallest absolute Gasteiger partial charge is 0.268 e. The number of ether oxygens (including phenoxy) is 1. The highest BCUT2D eigenvalue weighted by atomic mass is 32.2. The van der Waals surface area contributed by atoms with Crippen LogP contribution < -0.4 is 10.1 Å². The van der Waals surface area contributed by atoms with Crippen molar-refractivity contribution in [2.24, 2.45) is 0 Å². The Hall–Kier alpha value is -2.57. The molecular weight excluding hydrogens is 348 g/mol. The van der Waals surface area contributed by atoms with Crippen molar-refractivity contribution in [3.8, 4) is 17.0 Å². The Bertz CT molecular complexity index is 1070. The van der Waals surface area contributed by atoms with E-state index in [1.807, 2.05) is 50.4 Å². The van der Waals surface area contributed by atoms with Gasteiger partial charge in [0.2, 0.25) is 0 Å². The van der Waals surface area contributed by atoms with Gasteiger partial charge in [-0.05, 0) is 43.8 Å². The normalized spacial score (nSPS) is 13.0. The molecule has 0 saturated carbocycles. The van der Waals surface area contributed by atoms with Crippen LogP contribution in [0.1, 0.15) is 16.7 Å². The average Bonchev–Trinajstić information content (AvgIpc) is 3.02. The first-order valence-electron chi connectivity index (χ1n) is 8.44. The highest BCUT2D eigenvalue weighted by molar-refractivity contribution is 7.90. The molecule has 0 bridgehead atoms. The second kappa shape index (κ2) is 6.30. The Labute approximate surface area is 153 Å². The Balaban J connectivity index is 1.97. The minimum atomic E-state index is -3.70. The summed E-state index contributed by atoms with van der Waals surface area (Å²) in [6.07, 6.45) is 1.71. The van der Waals surface area contributed by atoms with Gasteiger partial charge in [-0.25, -0.2) is 12.4 Å². The van der Waals surface area contributed by atoms with Gasteiger partial charge in [0.15, 0.2) is 0 Å². The molecule has 1 aromatic heterocycles. The van der Waals surface area contributed by atoms with Crippen LogP contribution in [-0.4, -0.2) is 19.4 Å². The molecule has 0 radical (unpaired) electrons. The van der Waals surface area contributed by atoms with Gasteiger partial charge in [0.25, 0.3) is 10.0 Å². The van der Waals surface area contributed by atoms with Gasteiger partial charge in [-0.2, -0.15) is 0 Å². The Morgan fingerprint density at radius 2 is 1.85 bits per heavy atom. The summed E-state index contributed by atoms with van der Waals surface area (Å²) in [5.74, 6) is 0.703. The molecule has 2 heterocycles. The summed E-state index contributed by atoms with van der Waals surface area (Å²) in [7, 11) is -1.86. The molecule has 0 spiro atoms. The Kier molecular flexibility index (Phi) is 4.09. The Morgan fingerprint density at radius 1 is 1.12 bits per heavy atom. The minimum Gasteiger partial charge on any atom is -0.488 e. The molecule has 3 aromatic rings. The molecule has 0 fully saturated rings. The van der Waals surface area contributed by atoms with Crippen molar-refractivity contribution in [2.75, 3.05) is 7.05 Å². The number of aromatic nitrogens is 1. The number of hydrogen-bond donors (Lipinski definition) is 1. The third-order valence-electron chi connectivity index (χ3n) is 4.63. The largest absolute Gasteiger partial charge is 0.488 e. The van der Waals surface area contributed by atoms with Crippen molar-refractivity contribution in [1.29, 1.82) is 0 Å². The summed E-state index contributed by atoms with van der Waals surface area (Å²) >= 11 is 0. The van der Waals surface area contributed by atoms with Gasteiger partial charge in [-0.3, -0.25) is 0 Å². The van der Waals surface area contributed by atoms with Crippen molar-refractivity contribution in [3.05, 3.63) is 71.4 Å². The quantitative estimate of drug-likeness (QED) is 0.767. The van der Waals surface area contributed by atoms with E-state index in [1.54, 1.807) is 18.3 Å². The van der Waals surface area contributed by atoms with E-state index in [2.05, 4.69) is 5.32 Å². The topological polar surface area (TPSA) is 60.3 Å². The van der Waals surface area contributed by atoms with Gasteiger partial charge in [0, 0.05) is 23.9 Å². The van der Waals surface area contributed by atoms with E-state index >= 15 is 0 Å². The summed E-state index contributed by atoms with van der Waals surface area (Å²) < 4.78 is 33.9. The number of hydrogen-bond acceptors (Lipinski definition) is 4. The van der Waals surface area contributed by atoms with Gasteiger partial charge in [0.05, 0.1) is 10.6 Å². The molecule has 0 atom stereocenters. The van der Waals surface area contributed by atoms with Gasteiger partial charge in [-0.1, -0.05) is 29.8 Å². The minimum absolute atomic E-state index is 0.279.